The van der Waals surface area contributed by atoms with Gasteiger partial charge in [0.1, 0.15) is 21.8 Å². The Balaban J connectivity index is 1.94. The predicted octanol–water partition coefficient (Wildman–Crippen LogP) is 4.95. The molecule has 0 saturated carbocycles. The predicted molar refractivity (Wildman–Crippen MR) is 115 cm³/mol. The molecule has 3 rings (SSSR count). The Bertz CT molecular complexity index is 688. The van der Waals surface area contributed by atoms with Crippen molar-refractivity contribution in [2.24, 2.45) is 9.81 Å². The van der Waals surface area contributed by atoms with E-state index >= 15 is 0 Å². The normalized spacial score (nSPS) is 23.0. The Morgan fingerprint density at radius 1 is 1.27 bits per heavy atom. The monoisotopic (exact) mass is 437 g/mol. The first kappa shape index (κ1) is 20.4. The molecular weight excluding hydrogens is 408 g/mol. The van der Waals surface area contributed by atoms with Crippen LogP contribution in [0.2, 0.25) is 0 Å². The summed E-state index contributed by atoms with van der Waals surface area (Å²) in [5, 5.41) is 0. The van der Waals surface area contributed by atoms with Crippen molar-refractivity contribution in [1.29, 1.82) is 0 Å². The number of benzene rings is 1. The summed E-state index contributed by atoms with van der Waals surface area (Å²) in [6.45, 7) is 13.6. The maximum absolute atomic E-state index is 12.8. The van der Waals surface area contributed by atoms with Crippen LogP contribution in [0.1, 0.15) is 58.6 Å². The van der Waals surface area contributed by atoms with Crippen LogP contribution in [-0.2, 0) is 17.8 Å². The summed E-state index contributed by atoms with van der Waals surface area (Å²) in [5.74, 6) is 1.46. The van der Waals surface area contributed by atoms with Crippen LogP contribution >= 0.6 is 15.9 Å². The topological polar surface area (TPSA) is 38.7 Å². The summed E-state index contributed by atoms with van der Waals surface area (Å²) in [4.78, 5) is 2.54. The van der Waals surface area contributed by atoms with Crippen LogP contribution in [0, 0.1) is 11.3 Å². The van der Waals surface area contributed by atoms with Gasteiger partial charge in [0.2, 0.25) is 0 Å². The van der Waals surface area contributed by atoms with Gasteiger partial charge in [-0.1, -0.05) is 40.2 Å². The first-order valence-corrected chi connectivity index (χ1v) is 11.3. The zero-order valence-corrected chi connectivity index (χ0v) is 19.0. The lowest BCUT2D eigenvalue weighted by atomic mass is 9.74. The van der Waals surface area contributed by atoms with Gasteiger partial charge in [-0.25, -0.2) is 0 Å². The molecule has 143 valence electrons. The van der Waals surface area contributed by atoms with E-state index in [1.165, 1.54) is 17.0 Å². The molecule has 26 heavy (non-hydrogen) atoms. The number of likely N-dealkylation sites (tertiary alicyclic amines) is 1. The van der Waals surface area contributed by atoms with Crippen molar-refractivity contribution in [3.05, 3.63) is 39.7 Å². The number of hydrogen-bond acceptors (Lipinski definition) is 3. The fourth-order valence-electron chi connectivity index (χ4n) is 4.02. The third-order valence-corrected chi connectivity index (χ3v) is 7.30. The Morgan fingerprint density at radius 3 is 2.50 bits per heavy atom. The van der Waals surface area contributed by atoms with Crippen LogP contribution in [0.4, 0.5) is 0 Å². The van der Waals surface area contributed by atoms with Gasteiger partial charge in [0, 0.05) is 22.0 Å². The van der Waals surface area contributed by atoms with Gasteiger partial charge in [-0.05, 0) is 76.7 Å². The molecule has 1 aliphatic heterocycles. The van der Waals surface area contributed by atoms with Crippen molar-refractivity contribution < 1.29 is 4.55 Å². The van der Waals surface area contributed by atoms with Crippen LogP contribution in [-0.4, -0.2) is 39.5 Å². The van der Waals surface area contributed by atoms with Gasteiger partial charge in [0.05, 0.1) is 0 Å². The van der Waals surface area contributed by atoms with E-state index in [0.717, 1.165) is 49.1 Å². The van der Waals surface area contributed by atoms with E-state index in [0.29, 0.717) is 0 Å². The number of rotatable bonds is 3. The van der Waals surface area contributed by atoms with E-state index in [1.807, 2.05) is 20.8 Å². The fraction of sp³-hybridized carbons (Fsp3) is 0.619. The minimum absolute atomic E-state index is 0.0438. The highest BCUT2D eigenvalue weighted by molar-refractivity contribution is 9.10. The SMILES string of the molecule is C[C](C)CN1CCC2(CC1)Cc1ccc(Br)cc1/C2=N/[S@+]([O-])C(C)(C)C. The van der Waals surface area contributed by atoms with Crippen LogP contribution in [0.25, 0.3) is 0 Å². The summed E-state index contributed by atoms with van der Waals surface area (Å²) in [6.07, 6.45) is 3.21. The number of piperidine rings is 1. The number of nitrogens with zero attached hydrogens (tertiary/aromatic N) is 2. The Kier molecular flexibility index (Phi) is 5.94. The lowest BCUT2D eigenvalue weighted by molar-refractivity contribution is 0.161. The molecule has 1 aromatic rings. The van der Waals surface area contributed by atoms with Gasteiger partial charge in [-0.2, -0.15) is 0 Å². The lowest BCUT2D eigenvalue weighted by Crippen LogP contribution is -2.45. The zero-order chi connectivity index (χ0) is 19.1. The molecular formula is C21H30BrN2OS. The molecule has 0 amide bonds. The van der Waals surface area contributed by atoms with Crippen molar-refractivity contribution in [3.8, 4) is 0 Å². The summed E-state index contributed by atoms with van der Waals surface area (Å²) in [6, 6.07) is 6.49. The molecule has 1 fully saturated rings. The van der Waals surface area contributed by atoms with E-state index in [-0.39, 0.29) is 10.2 Å². The van der Waals surface area contributed by atoms with Crippen molar-refractivity contribution >= 4 is 33.0 Å². The molecule has 0 N–H and O–H groups in total. The van der Waals surface area contributed by atoms with E-state index in [1.54, 1.807) is 0 Å². The number of halogens is 1. The molecule has 1 heterocycles. The third kappa shape index (κ3) is 4.21. The van der Waals surface area contributed by atoms with E-state index in [4.69, 9.17) is 4.40 Å². The molecule has 1 spiro atoms. The molecule has 0 bridgehead atoms. The van der Waals surface area contributed by atoms with E-state index < -0.39 is 11.4 Å². The molecule has 3 nitrogen and oxygen atoms in total. The average Bonchev–Trinajstić information content (AvgIpc) is 2.82. The highest BCUT2D eigenvalue weighted by Gasteiger charge is 2.47. The second kappa shape index (κ2) is 7.57. The van der Waals surface area contributed by atoms with Crippen molar-refractivity contribution in [2.45, 2.75) is 58.6 Å². The summed E-state index contributed by atoms with van der Waals surface area (Å²) in [5.41, 5.74) is 3.68. The number of hydrogen-bond donors (Lipinski definition) is 0. The van der Waals surface area contributed by atoms with Gasteiger partial charge in [-0.15, -0.1) is 0 Å². The minimum atomic E-state index is -1.23. The maximum atomic E-state index is 12.8. The molecule has 0 unspecified atom stereocenters. The minimum Gasteiger partial charge on any atom is -0.591 e. The Labute approximate surface area is 170 Å². The van der Waals surface area contributed by atoms with Crippen LogP contribution < -0.4 is 0 Å². The van der Waals surface area contributed by atoms with E-state index in [9.17, 15) is 4.55 Å². The molecule has 1 atom stereocenters. The lowest BCUT2D eigenvalue weighted by Gasteiger charge is -2.40. The Morgan fingerprint density at radius 2 is 1.92 bits per heavy atom. The van der Waals surface area contributed by atoms with Crippen molar-refractivity contribution in [1.82, 2.24) is 4.90 Å². The second-order valence-electron chi connectivity index (χ2n) is 9.04. The zero-order valence-electron chi connectivity index (χ0n) is 16.6. The smallest absolute Gasteiger partial charge is 0.144 e. The van der Waals surface area contributed by atoms with Crippen molar-refractivity contribution in [2.75, 3.05) is 19.6 Å². The maximum Gasteiger partial charge on any atom is 0.144 e. The molecule has 1 aliphatic carbocycles. The van der Waals surface area contributed by atoms with Crippen LogP contribution in [0.3, 0.4) is 0 Å². The molecule has 1 aromatic carbocycles. The Hall–Kier alpha value is -0.360. The van der Waals surface area contributed by atoms with Gasteiger partial charge < -0.3 is 9.45 Å². The first-order chi connectivity index (χ1) is 12.1. The average molecular weight is 438 g/mol. The fourth-order valence-corrected chi connectivity index (χ4v) is 5.12. The molecule has 0 aromatic heterocycles. The highest BCUT2D eigenvalue weighted by Crippen LogP contribution is 2.46. The molecule has 1 radical (unpaired) electrons. The molecule has 1 saturated heterocycles. The quantitative estimate of drug-likeness (QED) is 0.627. The van der Waals surface area contributed by atoms with Gasteiger partial charge in [-0.3, -0.25) is 0 Å². The highest BCUT2D eigenvalue weighted by atomic mass is 79.9. The summed E-state index contributed by atoms with van der Waals surface area (Å²) >= 11 is 2.37. The third-order valence-electron chi connectivity index (χ3n) is 5.41. The van der Waals surface area contributed by atoms with Gasteiger partial charge >= 0.3 is 0 Å². The molecule has 2 aliphatic rings. The molecule has 5 heteroatoms. The van der Waals surface area contributed by atoms with Gasteiger partial charge in [0.25, 0.3) is 0 Å². The van der Waals surface area contributed by atoms with Crippen molar-refractivity contribution in [3.63, 3.8) is 0 Å². The summed E-state index contributed by atoms with van der Waals surface area (Å²) in [7, 11) is 0. The van der Waals surface area contributed by atoms with Crippen LogP contribution in [0.15, 0.2) is 27.1 Å². The van der Waals surface area contributed by atoms with Crippen LogP contribution in [0.5, 0.6) is 0 Å². The summed E-state index contributed by atoms with van der Waals surface area (Å²) < 4.78 is 18.4. The standard InChI is InChI=1S/C21H30BrN2OS/c1-15(2)14-24-10-8-21(9-11-24)13-16-6-7-17(22)12-18(16)19(21)23-26(25)20(3,4)5/h6-7,12H,8-11,13-14H2,1-5H3/b23-19-/t26-/m1/s1. The number of fused-ring (bicyclic) bond motifs is 1. The largest absolute Gasteiger partial charge is 0.591 e. The first-order valence-electron chi connectivity index (χ1n) is 9.42. The van der Waals surface area contributed by atoms with E-state index in [2.05, 4.69) is 52.9 Å². The second-order valence-corrected chi connectivity index (χ2v) is 11.9. The van der Waals surface area contributed by atoms with Gasteiger partial charge in [0.15, 0.2) is 0 Å².